The van der Waals surface area contributed by atoms with Gasteiger partial charge in [0.05, 0.1) is 18.1 Å². The number of carbonyl (C=O) groups excluding carboxylic acids is 1. The SMILES string of the molecule is COCC1(C(=O)NCC2CCCOC2c2ccccc2)CCNCC1.Cl. The summed E-state index contributed by atoms with van der Waals surface area (Å²) in [6.45, 7) is 3.69. The van der Waals surface area contributed by atoms with Crippen molar-refractivity contribution in [3.8, 4) is 0 Å². The Kier molecular flexibility index (Phi) is 8.35. The number of methoxy groups -OCH3 is 1. The van der Waals surface area contributed by atoms with Crippen molar-refractivity contribution in [3.63, 3.8) is 0 Å². The molecular formula is C20H31ClN2O3. The average Bonchev–Trinajstić information content (AvgIpc) is 2.68. The molecule has 0 saturated carbocycles. The second kappa shape index (κ2) is 10.3. The third-order valence-electron chi connectivity index (χ3n) is 5.56. The molecule has 0 spiro atoms. The molecule has 6 heteroatoms. The van der Waals surface area contributed by atoms with Gasteiger partial charge >= 0.3 is 0 Å². The Bertz CT molecular complexity index is 544. The smallest absolute Gasteiger partial charge is 0.228 e. The fraction of sp³-hybridized carbons (Fsp3) is 0.650. The minimum atomic E-state index is -0.391. The summed E-state index contributed by atoms with van der Waals surface area (Å²) in [6, 6.07) is 10.3. The molecule has 3 rings (SSSR count). The molecule has 26 heavy (non-hydrogen) atoms. The quantitative estimate of drug-likeness (QED) is 0.794. The van der Waals surface area contributed by atoms with Crippen LogP contribution in [0.15, 0.2) is 30.3 Å². The van der Waals surface area contributed by atoms with Crippen LogP contribution in [0.25, 0.3) is 0 Å². The third-order valence-corrected chi connectivity index (χ3v) is 5.56. The van der Waals surface area contributed by atoms with Gasteiger partial charge in [-0.3, -0.25) is 4.79 Å². The maximum Gasteiger partial charge on any atom is 0.228 e. The molecule has 1 aromatic carbocycles. The van der Waals surface area contributed by atoms with Crippen molar-refractivity contribution in [3.05, 3.63) is 35.9 Å². The molecule has 2 N–H and O–H groups in total. The van der Waals surface area contributed by atoms with Gasteiger partial charge in [-0.2, -0.15) is 0 Å². The molecule has 5 nitrogen and oxygen atoms in total. The van der Waals surface area contributed by atoms with Gasteiger partial charge in [0.25, 0.3) is 0 Å². The van der Waals surface area contributed by atoms with Crippen molar-refractivity contribution in [2.24, 2.45) is 11.3 Å². The van der Waals surface area contributed by atoms with E-state index in [2.05, 4.69) is 22.8 Å². The van der Waals surface area contributed by atoms with Crippen LogP contribution in [0.4, 0.5) is 0 Å². The van der Waals surface area contributed by atoms with Crippen molar-refractivity contribution in [1.29, 1.82) is 0 Å². The molecule has 146 valence electrons. The molecular weight excluding hydrogens is 352 g/mol. The molecule has 0 radical (unpaired) electrons. The number of amides is 1. The Balaban J connectivity index is 0.00000243. The highest BCUT2D eigenvalue weighted by atomic mass is 35.5. The lowest BCUT2D eigenvalue weighted by molar-refractivity contribution is -0.137. The van der Waals surface area contributed by atoms with Crippen LogP contribution in [0.5, 0.6) is 0 Å². The summed E-state index contributed by atoms with van der Waals surface area (Å²) in [5.74, 6) is 0.453. The number of ether oxygens (including phenoxy) is 2. The van der Waals surface area contributed by atoms with Crippen LogP contribution in [-0.4, -0.2) is 45.9 Å². The number of halogens is 1. The molecule has 0 bridgehead atoms. The fourth-order valence-electron chi connectivity index (χ4n) is 4.09. The lowest BCUT2D eigenvalue weighted by Crippen LogP contribution is -2.51. The predicted molar refractivity (Wildman–Crippen MR) is 105 cm³/mol. The summed E-state index contributed by atoms with van der Waals surface area (Å²) >= 11 is 0. The Morgan fingerprint density at radius 2 is 2.04 bits per heavy atom. The first-order valence-corrected chi connectivity index (χ1v) is 9.40. The lowest BCUT2D eigenvalue weighted by atomic mass is 9.78. The number of benzene rings is 1. The van der Waals surface area contributed by atoms with E-state index in [-0.39, 0.29) is 24.4 Å². The highest BCUT2D eigenvalue weighted by Crippen LogP contribution is 2.34. The minimum absolute atomic E-state index is 0. The van der Waals surface area contributed by atoms with E-state index < -0.39 is 5.41 Å². The van der Waals surface area contributed by atoms with Crippen LogP contribution in [0.2, 0.25) is 0 Å². The number of hydrogen-bond donors (Lipinski definition) is 2. The molecule has 2 atom stereocenters. The van der Waals surface area contributed by atoms with Crippen molar-refractivity contribution >= 4 is 18.3 Å². The summed E-state index contributed by atoms with van der Waals surface area (Å²) in [5.41, 5.74) is 0.813. The van der Waals surface area contributed by atoms with Crippen LogP contribution in [0.1, 0.15) is 37.4 Å². The second-order valence-electron chi connectivity index (χ2n) is 7.28. The Hall–Kier alpha value is -1.14. The minimum Gasteiger partial charge on any atom is -0.384 e. The molecule has 2 saturated heterocycles. The van der Waals surface area contributed by atoms with Crippen LogP contribution in [-0.2, 0) is 14.3 Å². The second-order valence-corrected chi connectivity index (χ2v) is 7.28. The van der Waals surface area contributed by atoms with Gasteiger partial charge < -0.3 is 20.1 Å². The Morgan fingerprint density at radius 1 is 1.31 bits per heavy atom. The lowest BCUT2D eigenvalue weighted by Gasteiger charge is -2.37. The first kappa shape index (κ1) is 21.2. The maximum absolute atomic E-state index is 12.9. The van der Waals surface area contributed by atoms with Crippen LogP contribution < -0.4 is 10.6 Å². The molecule has 1 amide bonds. The van der Waals surface area contributed by atoms with E-state index in [9.17, 15) is 4.79 Å². The maximum atomic E-state index is 12.9. The van der Waals surface area contributed by atoms with Crippen LogP contribution in [0.3, 0.4) is 0 Å². The normalized spacial score (nSPS) is 25.1. The summed E-state index contributed by atoms with van der Waals surface area (Å²) in [4.78, 5) is 12.9. The van der Waals surface area contributed by atoms with Gasteiger partial charge in [0.15, 0.2) is 0 Å². The number of piperidine rings is 1. The van der Waals surface area contributed by atoms with Gasteiger partial charge in [0.1, 0.15) is 0 Å². The largest absolute Gasteiger partial charge is 0.384 e. The van der Waals surface area contributed by atoms with Crippen molar-refractivity contribution in [2.75, 3.05) is 40.0 Å². The summed E-state index contributed by atoms with van der Waals surface area (Å²) in [6.07, 6.45) is 3.86. The van der Waals surface area contributed by atoms with E-state index in [1.54, 1.807) is 7.11 Å². The molecule has 0 aromatic heterocycles. The monoisotopic (exact) mass is 382 g/mol. The van der Waals surface area contributed by atoms with Gasteiger partial charge in [0, 0.05) is 26.2 Å². The van der Waals surface area contributed by atoms with Crippen molar-refractivity contribution in [2.45, 2.75) is 31.8 Å². The molecule has 2 fully saturated rings. The van der Waals surface area contributed by atoms with Crippen LogP contribution >= 0.6 is 12.4 Å². The standard InChI is InChI=1S/C20H30N2O3.ClH/c1-24-15-20(9-11-21-12-10-20)19(23)22-14-17-8-5-13-25-18(17)16-6-3-2-4-7-16;/h2-4,6-7,17-18,21H,5,8-15H2,1H3,(H,22,23);1H. The molecule has 2 unspecified atom stereocenters. The van der Waals surface area contributed by atoms with E-state index in [1.165, 1.54) is 5.56 Å². The van der Waals surface area contributed by atoms with Gasteiger partial charge in [-0.1, -0.05) is 30.3 Å². The van der Waals surface area contributed by atoms with Gasteiger partial charge in [-0.25, -0.2) is 0 Å². The summed E-state index contributed by atoms with van der Waals surface area (Å²) < 4.78 is 11.4. The van der Waals surface area contributed by atoms with E-state index in [0.29, 0.717) is 19.1 Å². The highest BCUT2D eigenvalue weighted by Gasteiger charge is 2.40. The van der Waals surface area contributed by atoms with Crippen LogP contribution in [0, 0.1) is 11.3 Å². The molecule has 0 aliphatic carbocycles. The third kappa shape index (κ3) is 4.97. The molecule has 2 aliphatic rings. The van der Waals surface area contributed by atoms with E-state index in [4.69, 9.17) is 9.47 Å². The zero-order valence-electron chi connectivity index (χ0n) is 15.5. The highest BCUT2D eigenvalue weighted by molar-refractivity contribution is 5.85. The Labute approximate surface area is 162 Å². The molecule has 2 aliphatic heterocycles. The summed E-state index contributed by atoms with van der Waals surface area (Å²) in [7, 11) is 1.68. The number of rotatable bonds is 6. The number of nitrogens with one attached hydrogen (secondary N) is 2. The van der Waals surface area contributed by atoms with E-state index in [0.717, 1.165) is 45.4 Å². The Morgan fingerprint density at radius 3 is 2.73 bits per heavy atom. The summed E-state index contributed by atoms with van der Waals surface area (Å²) in [5, 5.41) is 6.55. The van der Waals surface area contributed by atoms with E-state index in [1.807, 2.05) is 18.2 Å². The number of carbonyl (C=O) groups is 1. The topological polar surface area (TPSA) is 59.6 Å². The number of hydrogen-bond acceptors (Lipinski definition) is 4. The average molecular weight is 383 g/mol. The molecule has 2 heterocycles. The first-order chi connectivity index (χ1) is 12.2. The molecule has 1 aromatic rings. The van der Waals surface area contributed by atoms with Crippen molar-refractivity contribution < 1.29 is 14.3 Å². The van der Waals surface area contributed by atoms with Gasteiger partial charge in [-0.05, 0) is 44.3 Å². The van der Waals surface area contributed by atoms with E-state index >= 15 is 0 Å². The zero-order valence-corrected chi connectivity index (χ0v) is 16.4. The van der Waals surface area contributed by atoms with Crippen molar-refractivity contribution in [1.82, 2.24) is 10.6 Å². The zero-order chi connectivity index (χ0) is 17.5. The van der Waals surface area contributed by atoms with Gasteiger partial charge in [-0.15, -0.1) is 12.4 Å². The van der Waals surface area contributed by atoms with Gasteiger partial charge in [0.2, 0.25) is 5.91 Å². The first-order valence-electron chi connectivity index (χ1n) is 9.40. The fourth-order valence-corrected chi connectivity index (χ4v) is 4.09. The predicted octanol–water partition coefficient (Wildman–Crippen LogP) is 2.71.